The molecule has 2 aromatic heterocycles. The molecule has 0 spiro atoms. The zero-order valence-electron chi connectivity index (χ0n) is 11.4. The third-order valence-corrected chi connectivity index (χ3v) is 5.01. The number of aliphatic imine (C=N–C) groups is 1. The van der Waals surface area contributed by atoms with Crippen molar-refractivity contribution in [3.8, 4) is 0 Å². The van der Waals surface area contributed by atoms with Crippen molar-refractivity contribution in [3.05, 3.63) is 36.9 Å². The lowest BCUT2D eigenvalue weighted by Crippen LogP contribution is -2.36. The van der Waals surface area contributed by atoms with E-state index in [9.17, 15) is 0 Å². The molecule has 0 fully saturated rings. The van der Waals surface area contributed by atoms with E-state index in [2.05, 4.69) is 54.9 Å². The third kappa shape index (κ3) is 4.88. The summed E-state index contributed by atoms with van der Waals surface area (Å²) < 4.78 is 1.14. The second kappa shape index (κ2) is 7.75. The highest BCUT2D eigenvalue weighted by Gasteiger charge is 2.02. The van der Waals surface area contributed by atoms with Gasteiger partial charge in [0.25, 0.3) is 0 Å². The second-order valence-corrected chi connectivity index (χ2v) is 7.63. The summed E-state index contributed by atoms with van der Waals surface area (Å²) in [4.78, 5) is 10.2. The summed E-state index contributed by atoms with van der Waals surface area (Å²) in [5.74, 6) is 0.824. The molecule has 0 amide bonds. The van der Waals surface area contributed by atoms with Crippen LogP contribution in [0.4, 0.5) is 0 Å². The van der Waals surface area contributed by atoms with Crippen molar-refractivity contribution in [2.75, 3.05) is 6.54 Å². The lowest BCUT2D eigenvalue weighted by molar-refractivity contribution is 0.811. The van der Waals surface area contributed by atoms with Crippen LogP contribution >= 0.6 is 38.6 Å². The Balaban J connectivity index is 1.91. The molecule has 0 saturated carbocycles. The van der Waals surface area contributed by atoms with E-state index in [-0.39, 0.29) is 0 Å². The number of halogens is 1. The van der Waals surface area contributed by atoms with Gasteiger partial charge in [0.05, 0.1) is 16.9 Å². The van der Waals surface area contributed by atoms with Gasteiger partial charge in [0.1, 0.15) is 5.01 Å². The molecule has 0 bridgehead atoms. The quantitative estimate of drug-likeness (QED) is 0.623. The molecular weight excluding hydrogens is 356 g/mol. The molecular formula is C13H17BrN4S2. The van der Waals surface area contributed by atoms with Crippen molar-refractivity contribution in [1.82, 2.24) is 15.6 Å². The van der Waals surface area contributed by atoms with E-state index < -0.39 is 0 Å². The minimum Gasteiger partial charge on any atom is -0.357 e. The summed E-state index contributed by atoms with van der Waals surface area (Å²) in [5.41, 5.74) is 1.07. The smallest absolute Gasteiger partial charge is 0.191 e. The van der Waals surface area contributed by atoms with Gasteiger partial charge in [-0.25, -0.2) is 9.98 Å². The molecule has 0 aromatic carbocycles. The Morgan fingerprint density at radius 3 is 2.85 bits per heavy atom. The molecule has 108 valence electrons. The van der Waals surface area contributed by atoms with Gasteiger partial charge < -0.3 is 10.6 Å². The monoisotopic (exact) mass is 372 g/mol. The molecule has 2 aromatic rings. The maximum Gasteiger partial charge on any atom is 0.191 e. The van der Waals surface area contributed by atoms with Gasteiger partial charge in [0.2, 0.25) is 0 Å². The van der Waals surface area contributed by atoms with Crippen molar-refractivity contribution >= 4 is 44.6 Å². The average Bonchev–Trinajstić information content (AvgIpc) is 3.02. The Morgan fingerprint density at radius 1 is 1.40 bits per heavy atom. The summed E-state index contributed by atoms with van der Waals surface area (Å²) >= 11 is 6.84. The van der Waals surface area contributed by atoms with E-state index in [0.29, 0.717) is 13.1 Å². The zero-order chi connectivity index (χ0) is 14.4. The molecule has 0 radical (unpaired) electrons. The van der Waals surface area contributed by atoms with Crippen molar-refractivity contribution in [2.45, 2.75) is 26.9 Å². The maximum atomic E-state index is 4.58. The minimum atomic E-state index is 0.683. The summed E-state index contributed by atoms with van der Waals surface area (Å²) in [6.45, 7) is 6.30. The van der Waals surface area contributed by atoms with Crippen LogP contribution < -0.4 is 10.6 Å². The first-order chi connectivity index (χ1) is 9.67. The van der Waals surface area contributed by atoms with Gasteiger partial charge in [-0.2, -0.15) is 0 Å². The Hall–Kier alpha value is -0.920. The molecule has 0 saturated heterocycles. The molecule has 0 aliphatic heterocycles. The summed E-state index contributed by atoms with van der Waals surface area (Å²) in [6, 6.07) is 4.14. The number of aromatic nitrogens is 1. The molecule has 0 aliphatic rings. The molecule has 2 heterocycles. The van der Waals surface area contributed by atoms with Crippen LogP contribution in [0.25, 0.3) is 0 Å². The third-order valence-electron chi connectivity index (χ3n) is 2.44. The van der Waals surface area contributed by atoms with E-state index in [1.165, 1.54) is 4.88 Å². The lowest BCUT2D eigenvalue weighted by Gasteiger charge is -2.09. The fraction of sp³-hybridized carbons (Fsp3) is 0.385. The first-order valence-electron chi connectivity index (χ1n) is 6.34. The van der Waals surface area contributed by atoms with Crippen molar-refractivity contribution in [1.29, 1.82) is 0 Å². The van der Waals surface area contributed by atoms with Gasteiger partial charge >= 0.3 is 0 Å². The highest BCUT2D eigenvalue weighted by Crippen LogP contribution is 2.22. The predicted octanol–water partition coefficient (Wildman–Crippen LogP) is 3.53. The van der Waals surface area contributed by atoms with Gasteiger partial charge in [-0.15, -0.1) is 22.7 Å². The average molecular weight is 373 g/mol. The first-order valence-corrected chi connectivity index (χ1v) is 8.83. The minimum absolute atomic E-state index is 0.683. The number of hydrogen-bond acceptors (Lipinski definition) is 4. The highest BCUT2D eigenvalue weighted by molar-refractivity contribution is 9.11. The van der Waals surface area contributed by atoms with Crippen LogP contribution in [0.5, 0.6) is 0 Å². The largest absolute Gasteiger partial charge is 0.357 e. The van der Waals surface area contributed by atoms with Gasteiger partial charge in [0.15, 0.2) is 5.96 Å². The predicted molar refractivity (Wildman–Crippen MR) is 90.5 cm³/mol. The van der Waals surface area contributed by atoms with E-state index in [0.717, 1.165) is 27.0 Å². The number of nitrogens with one attached hydrogen (secondary N) is 2. The van der Waals surface area contributed by atoms with E-state index in [4.69, 9.17) is 0 Å². The molecule has 20 heavy (non-hydrogen) atoms. The zero-order valence-corrected chi connectivity index (χ0v) is 14.7. The van der Waals surface area contributed by atoms with Gasteiger partial charge in [-0.1, -0.05) is 0 Å². The van der Waals surface area contributed by atoms with Crippen molar-refractivity contribution in [3.63, 3.8) is 0 Å². The van der Waals surface area contributed by atoms with E-state index in [1.807, 2.05) is 13.0 Å². The molecule has 0 aliphatic carbocycles. The molecule has 4 nitrogen and oxygen atoms in total. The number of nitrogens with zero attached hydrogens (tertiary/aromatic N) is 2. The Bertz CT molecular complexity index is 576. The molecule has 2 rings (SSSR count). The number of hydrogen-bond donors (Lipinski definition) is 2. The Morgan fingerprint density at radius 2 is 2.25 bits per heavy atom. The fourth-order valence-corrected chi connectivity index (χ4v) is 3.70. The topological polar surface area (TPSA) is 49.3 Å². The number of thiazole rings is 1. The molecule has 0 atom stereocenters. The summed E-state index contributed by atoms with van der Waals surface area (Å²) in [6.07, 6.45) is 0. The number of aryl methyl sites for hydroxylation is 1. The number of rotatable bonds is 5. The van der Waals surface area contributed by atoms with Crippen LogP contribution in [0.15, 0.2) is 26.3 Å². The van der Waals surface area contributed by atoms with Crippen LogP contribution in [0.1, 0.15) is 22.5 Å². The van der Waals surface area contributed by atoms with Crippen molar-refractivity contribution < 1.29 is 0 Å². The van der Waals surface area contributed by atoms with E-state index >= 15 is 0 Å². The molecule has 0 unspecified atom stereocenters. The fourth-order valence-electron chi connectivity index (χ4n) is 1.58. The van der Waals surface area contributed by atoms with E-state index in [1.54, 1.807) is 22.7 Å². The van der Waals surface area contributed by atoms with Crippen LogP contribution in [-0.2, 0) is 13.1 Å². The van der Waals surface area contributed by atoms with Gasteiger partial charge in [-0.05, 0) is 41.9 Å². The number of guanidine groups is 1. The first kappa shape index (κ1) is 15.5. The van der Waals surface area contributed by atoms with Crippen LogP contribution in [0.3, 0.4) is 0 Å². The standard InChI is InChI=1S/C13H17BrN4S2/c1-3-15-13(16-6-10-4-5-11(14)20-10)17-7-12-18-9(2)8-19-12/h4-5,8H,3,6-7H2,1-2H3,(H2,15,16,17). The van der Waals surface area contributed by atoms with Gasteiger partial charge in [-0.3, -0.25) is 0 Å². The van der Waals surface area contributed by atoms with Crippen molar-refractivity contribution in [2.24, 2.45) is 4.99 Å². The normalized spacial score (nSPS) is 11.7. The number of thiophene rings is 1. The Labute approximate surface area is 135 Å². The molecule has 2 N–H and O–H groups in total. The second-order valence-electron chi connectivity index (χ2n) is 4.14. The summed E-state index contributed by atoms with van der Waals surface area (Å²) in [5, 5.41) is 9.69. The SMILES string of the molecule is CCNC(=NCc1ccc(Br)s1)NCc1nc(C)cs1. The Kier molecular flexibility index (Phi) is 6.00. The van der Waals surface area contributed by atoms with Crippen LogP contribution in [0.2, 0.25) is 0 Å². The summed E-state index contributed by atoms with van der Waals surface area (Å²) in [7, 11) is 0. The van der Waals surface area contributed by atoms with Gasteiger partial charge in [0, 0.05) is 22.5 Å². The molecule has 7 heteroatoms. The highest BCUT2D eigenvalue weighted by atomic mass is 79.9. The van der Waals surface area contributed by atoms with Crippen LogP contribution in [0, 0.1) is 6.92 Å². The lowest BCUT2D eigenvalue weighted by atomic mass is 10.5. The maximum absolute atomic E-state index is 4.58. The van der Waals surface area contributed by atoms with Crippen LogP contribution in [-0.4, -0.2) is 17.5 Å².